The van der Waals surface area contributed by atoms with Gasteiger partial charge in [-0.25, -0.2) is 0 Å². The highest BCUT2D eigenvalue weighted by Crippen LogP contribution is 2.56. The Labute approximate surface area is 114 Å². The summed E-state index contributed by atoms with van der Waals surface area (Å²) in [6.07, 6.45) is 9.23. The molecule has 0 heterocycles. The topological polar surface area (TPSA) is 0 Å². The Morgan fingerprint density at radius 1 is 0.444 bits per heavy atom. The first-order valence-electron chi connectivity index (χ1n) is 8.59. The zero-order valence-electron chi connectivity index (χ0n) is 12.9. The molecule has 0 spiro atoms. The van der Waals surface area contributed by atoms with Crippen LogP contribution in [0.4, 0.5) is 0 Å². The molecule has 8 atom stereocenters. The lowest BCUT2D eigenvalue weighted by Crippen LogP contribution is -2.46. The first kappa shape index (κ1) is 13.0. The Bertz CT molecular complexity index is 264. The summed E-state index contributed by atoms with van der Waals surface area (Å²) >= 11 is 0. The van der Waals surface area contributed by atoms with Gasteiger partial charge in [-0.2, -0.15) is 0 Å². The summed E-state index contributed by atoms with van der Waals surface area (Å²) in [4.78, 5) is 0. The summed E-state index contributed by atoms with van der Waals surface area (Å²) in [6.45, 7) is 10.1. The maximum Gasteiger partial charge on any atom is -0.0352 e. The van der Waals surface area contributed by atoms with Crippen LogP contribution in [0.15, 0.2) is 0 Å². The molecule has 0 aromatic carbocycles. The molecule has 0 amide bonds. The zero-order valence-corrected chi connectivity index (χ0v) is 12.9. The molecule has 3 fully saturated rings. The van der Waals surface area contributed by atoms with Crippen molar-refractivity contribution in [2.45, 2.75) is 66.2 Å². The summed E-state index contributed by atoms with van der Waals surface area (Å²) < 4.78 is 0. The Kier molecular flexibility index (Phi) is 3.49. The van der Waals surface area contributed by atoms with Crippen LogP contribution in [0.2, 0.25) is 0 Å². The van der Waals surface area contributed by atoms with Gasteiger partial charge in [0.25, 0.3) is 0 Å². The fourth-order valence-electron chi connectivity index (χ4n) is 5.89. The molecule has 0 aliphatic heterocycles. The standard InChI is InChI=1S/C18H32/c1-11-5-7-17-15(13(11)3)9-10-16-14(4)12(2)6-8-18(16)17/h11-18H,5-10H2,1-4H3. The van der Waals surface area contributed by atoms with Gasteiger partial charge < -0.3 is 0 Å². The molecule has 0 heteroatoms. The SMILES string of the molecule is CC1CCC2C(CCC3C(C)C(C)CCC32)C1C. The summed E-state index contributed by atoms with van der Waals surface area (Å²) in [7, 11) is 0. The first-order valence-corrected chi connectivity index (χ1v) is 8.59. The Balaban J connectivity index is 1.78. The number of rotatable bonds is 0. The number of hydrogen-bond acceptors (Lipinski definition) is 0. The van der Waals surface area contributed by atoms with Crippen molar-refractivity contribution in [2.75, 3.05) is 0 Å². The highest BCUT2D eigenvalue weighted by Gasteiger charge is 2.47. The average Bonchev–Trinajstić information content (AvgIpc) is 2.38. The minimum Gasteiger partial charge on any atom is -0.0622 e. The average molecular weight is 248 g/mol. The van der Waals surface area contributed by atoms with E-state index in [0.717, 1.165) is 47.3 Å². The van der Waals surface area contributed by atoms with Crippen LogP contribution in [-0.4, -0.2) is 0 Å². The minimum atomic E-state index is 0.989. The second kappa shape index (κ2) is 4.84. The second-order valence-electron chi connectivity index (χ2n) is 8.06. The molecule has 0 radical (unpaired) electrons. The van der Waals surface area contributed by atoms with Gasteiger partial charge in [0.1, 0.15) is 0 Å². The van der Waals surface area contributed by atoms with Gasteiger partial charge in [-0.15, -0.1) is 0 Å². The predicted octanol–water partition coefficient (Wildman–Crippen LogP) is 5.38. The van der Waals surface area contributed by atoms with E-state index in [-0.39, 0.29) is 0 Å². The summed E-state index contributed by atoms with van der Waals surface area (Å²) in [6, 6.07) is 0. The van der Waals surface area contributed by atoms with E-state index in [4.69, 9.17) is 0 Å². The van der Waals surface area contributed by atoms with Crippen LogP contribution in [0.5, 0.6) is 0 Å². The Morgan fingerprint density at radius 3 is 1.17 bits per heavy atom. The van der Waals surface area contributed by atoms with Crippen LogP contribution in [0.1, 0.15) is 66.2 Å². The molecule has 0 nitrogen and oxygen atoms in total. The molecular weight excluding hydrogens is 216 g/mol. The first-order chi connectivity index (χ1) is 8.59. The molecule has 0 aromatic heterocycles. The highest BCUT2D eigenvalue weighted by atomic mass is 14.5. The molecule has 0 N–H and O–H groups in total. The fraction of sp³-hybridized carbons (Fsp3) is 1.00. The monoisotopic (exact) mass is 248 g/mol. The van der Waals surface area contributed by atoms with E-state index in [1.54, 1.807) is 25.7 Å². The van der Waals surface area contributed by atoms with E-state index < -0.39 is 0 Å². The van der Waals surface area contributed by atoms with Gasteiger partial charge in [0.15, 0.2) is 0 Å². The Hall–Kier alpha value is 0. The van der Waals surface area contributed by atoms with Crippen molar-refractivity contribution in [3.63, 3.8) is 0 Å². The molecular formula is C18H32. The third-order valence-corrected chi connectivity index (χ3v) is 7.54. The van der Waals surface area contributed by atoms with Crippen LogP contribution >= 0.6 is 0 Å². The number of hydrogen-bond donors (Lipinski definition) is 0. The third-order valence-electron chi connectivity index (χ3n) is 7.54. The number of fused-ring (bicyclic) bond motifs is 3. The molecule has 3 aliphatic carbocycles. The van der Waals surface area contributed by atoms with Crippen molar-refractivity contribution in [2.24, 2.45) is 47.3 Å². The second-order valence-corrected chi connectivity index (χ2v) is 8.06. The fourth-order valence-corrected chi connectivity index (χ4v) is 5.89. The molecule has 0 aromatic rings. The van der Waals surface area contributed by atoms with Gasteiger partial charge in [-0.3, -0.25) is 0 Å². The normalized spacial score (nSPS) is 56.7. The van der Waals surface area contributed by atoms with Crippen LogP contribution < -0.4 is 0 Å². The van der Waals surface area contributed by atoms with E-state index in [9.17, 15) is 0 Å². The van der Waals surface area contributed by atoms with Gasteiger partial charge in [0.2, 0.25) is 0 Å². The molecule has 0 saturated heterocycles. The van der Waals surface area contributed by atoms with E-state index in [1.807, 2.05) is 0 Å². The summed E-state index contributed by atoms with van der Waals surface area (Å²) in [5, 5.41) is 0. The van der Waals surface area contributed by atoms with Crippen LogP contribution in [0, 0.1) is 47.3 Å². The Morgan fingerprint density at radius 2 is 0.778 bits per heavy atom. The van der Waals surface area contributed by atoms with Gasteiger partial charge >= 0.3 is 0 Å². The van der Waals surface area contributed by atoms with Crippen molar-refractivity contribution in [1.29, 1.82) is 0 Å². The lowest BCUT2D eigenvalue weighted by Gasteiger charge is -2.54. The van der Waals surface area contributed by atoms with Gasteiger partial charge in [0, 0.05) is 0 Å². The van der Waals surface area contributed by atoms with Crippen molar-refractivity contribution < 1.29 is 0 Å². The minimum absolute atomic E-state index is 0.989. The molecule has 3 aliphatic rings. The van der Waals surface area contributed by atoms with Gasteiger partial charge in [0.05, 0.1) is 0 Å². The largest absolute Gasteiger partial charge is 0.0622 e. The van der Waals surface area contributed by atoms with Crippen molar-refractivity contribution in [1.82, 2.24) is 0 Å². The van der Waals surface area contributed by atoms with E-state index in [1.165, 1.54) is 12.8 Å². The zero-order chi connectivity index (χ0) is 12.9. The van der Waals surface area contributed by atoms with Crippen LogP contribution in [0.3, 0.4) is 0 Å². The highest BCUT2D eigenvalue weighted by molar-refractivity contribution is 4.97. The molecule has 3 saturated carbocycles. The smallest absolute Gasteiger partial charge is 0.0352 e. The predicted molar refractivity (Wildman–Crippen MR) is 78.3 cm³/mol. The van der Waals surface area contributed by atoms with E-state index >= 15 is 0 Å². The lowest BCUT2D eigenvalue weighted by atomic mass is 9.51. The van der Waals surface area contributed by atoms with Crippen molar-refractivity contribution in [3.05, 3.63) is 0 Å². The van der Waals surface area contributed by atoms with Gasteiger partial charge in [-0.05, 0) is 73.0 Å². The summed E-state index contributed by atoms with van der Waals surface area (Å²) in [5.74, 6) is 8.34. The van der Waals surface area contributed by atoms with Crippen LogP contribution in [-0.2, 0) is 0 Å². The lowest BCUT2D eigenvalue weighted by molar-refractivity contribution is -0.0494. The van der Waals surface area contributed by atoms with Crippen molar-refractivity contribution in [3.8, 4) is 0 Å². The van der Waals surface area contributed by atoms with Gasteiger partial charge in [-0.1, -0.05) is 40.5 Å². The molecule has 8 unspecified atom stereocenters. The molecule has 3 rings (SSSR count). The van der Waals surface area contributed by atoms with E-state index in [0.29, 0.717) is 0 Å². The molecule has 18 heavy (non-hydrogen) atoms. The molecule has 104 valence electrons. The quantitative estimate of drug-likeness (QED) is 0.540. The maximum absolute atomic E-state index is 2.55. The van der Waals surface area contributed by atoms with E-state index in [2.05, 4.69) is 27.7 Å². The van der Waals surface area contributed by atoms with Crippen LogP contribution in [0.25, 0.3) is 0 Å². The summed E-state index contributed by atoms with van der Waals surface area (Å²) in [5.41, 5.74) is 0. The van der Waals surface area contributed by atoms with Crippen molar-refractivity contribution >= 4 is 0 Å². The third kappa shape index (κ3) is 1.95. The maximum atomic E-state index is 2.55. The molecule has 0 bridgehead atoms.